The number of nitrogens with one attached hydrogen (secondary N) is 2. The van der Waals surface area contributed by atoms with Crippen LogP contribution in [-0.2, 0) is 16.4 Å². The molecule has 0 fully saturated rings. The van der Waals surface area contributed by atoms with E-state index in [2.05, 4.69) is 34.7 Å². The van der Waals surface area contributed by atoms with Gasteiger partial charge in [-0.15, -0.1) is 0 Å². The minimum atomic E-state index is -2.97. The molecule has 29 heavy (non-hydrogen) atoms. The molecule has 2 rings (SSSR count). The van der Waals surface area contributed by atoms with Gasteiger partial charge in [0.15, 0.2) is 5.96 Å². The molecule has 2 N–H and O–H groups in total. The van der Waals surface area contributed by atoms with Crippen LogP contribution < -0.4 is 15.4 Å². The maximum atomic E-state index is 11.3. The van der Waals surface area contributed by atoms with Gasteiger partial charge in [0.05, 0.1) is 18.4 Å². The van der Waals surface area contributed by atoms with E-state index in [-0.39, 0.29) is 11.9 Å². The zero-order valence-electron chi connectivity index (χ0n) is 17.6. The number of hydrogen-bond donors (Lipinski definition) is 2. The molecule has 0 bridgehead atoms. The van der Waals surface area contributed by atoms with Crippen molar-refractivity contribution < 1.29 is 13.2 Å². The van der Waals surface area contributed by atoms with Crippen LogP contribution in [0.25, 0.3) is 0 Å². The third kappa shape index (κ3) is 9.00. The Morgan fingerprint density at radius 1 is 1.10 bits per heavy atom. The van der Waals surface area contributed by atoms with Crippen molar-refractivity contribution in [3.8, 4) is 5.75 Å². The topological polar surface area (TPSA) is 79.8 Å². The lowest BCUT2D eigenvalue weighted by Crippen LogP contribution is -2.32. The summed E-state index contributed by atoms with van der Waals surface area (Å²) in [5, 5.41) is 6.50. The van der Waals surface area contributed by atoms with Gasteiger partial charge >= 0.3 is 0 Å². The quantitative estimate of drug-likeness (QED) is 0.369. The summed E-state index contributed by atoms with van der Waals surface area (Å²) in [5.41, 5.74) is 3.20. The van der Waals surface area contributed by atoms with Crippen LogP contribution >= 0.6 is 0 Å². The van der Waals surface area contributed by atoms with E-state index in [1.54, 1.807) is 0 Å². The number of hydrogen-bond acceptors (Lipinski definition) is 4. The number of rotatable bonds is 9. The Labute approximate surface area is 174 Å². The van der Waals surface area contributed by atoms with Crippen molar-refractivity contribution in [2.45, 2.75) is 39.8 Å². The number of aryl methyl sites for hydroxylation is 1. The number of guanidine groups is 1. The van der Waals surface area contributed by atoms with Gasteiger partial charge in [-0.05, 0) is 62.6 Å². The largest absolute Gasteiger partial charge is 0.491 e. The summed E-state index contributed by atoms with van der Waals surface area (Å²) in [4.78, 5) is 4.67. The lowest BCUT2D eigenvalue weighted by molar-refractivity contribution is 0.242. The molecule has 0 heterocycles. The highest BCUT2D eigenvalue weighted by molar-refractivity contribution is 7.90. The van der Waals surface area contributed by atoms with E-state index in [0.29, 0.717) is 25.5 Å². The van der Waals surface area contributed by atoms with Crippen LogP contribution in [0.5, 0.6) is 5.75 Å². The van der Waals surface area contributed by atoms with Gasteiger partial charge in [-0.1, -0.05) is 24.3 Å². The number of anilines is 1. The molecular weight excluding hydrogens is 386 g/mol. The van der Waals surface area contributed by atoms with E-state index in [1.165, 1.54) is 11.8 Å². The van der Waals surface area contributed by atoms with Crippen molar-refractivity contribution in [1.82, 2.24) is 5.32 Å². The van der Waals surface area contributed by atoms with E-state index in [4.69, 9.17) is 4.74 Å². The number of sulfone groups is 1. The van der Waals surface area contributed by atoms with Crippen molar-refractivity contribution in [2.24, 2.45) is 4.99 Å². The van der Waals surface area contributed by atoms with Gasteiger partial charge < -0.3 is 15.4 Å². The minimum Gasteiger partial charge on any atom is -0.491 e. The van der Waals surface area contributed by atoms with E-state index < -0.39 is 9.84 Å². The number of aliphatic imine (C=N–C) groups is 1. The third-order valence-corrected chi connectivity index (χ3v) is 5.17. The molecule has 7 heteroatoms. The lowest BCUT2D eigenvalue weighted by Gasteiger charge is -2.14. The zero-order chi connectivity index (χ0) is 21.3. The highest BCUT2D eigenvalue weighted by Crippen LogP contribution is 2.17. The van der Waals surface area contributed by atoms with Gasteiger partial charge in [-0.3, -0.25) is 0 Å². The van der Waals surface area contributed by atoms with Crippen LogP contribution in [0.3, 0.4) is 0 Å². The lowest BCUT2D eigenvalue weighted by atomic mass is 10.1. The fourth-order valence-electron chi connectivity index (χ4n) is 2.66. The van der Waals surface area contributed by atoms with Crippen molar-refractivity contribution in [3.05, 3.63) is 59.7 Å². The summed E-state index contributed by atoms with van der Waals surface area (Å²) in [6.07, 6.45) is 1.89. The number of benzene rings is 2. The van der Waals surface area contributed by atoms with Gasteiger partial charge in [0.1, 0.15) is 15.6 Å². The Bertz CT molecular complexity index is 907. The van der Waals surface area contributed by atoms with Crippen LogP contribution in [0.15, 0.2) is 53.5 Å². The minimum absolute atomic E-state index is 0.122. The van der Waals surface area contributed by atoms with Crippen LogP contribution in [0, 0.1) is 6.92 Å². The predicted octanol–water partition coefficient (Wildman–Crippen LogP) is 3.77. The molecule has 0 aliphatic carbocycles. The molecule has 0 radical (unpaired) electrons. The average molecular weight is 418 g/mol. The first-order valence-corrected chi connectivity index (χ1v) is 11.8. The first kappa shape index (κ1) is 22.7. The highest BCUT2D eigenvalue weighted by atomic mass is 32.2. The molecule has 0 amide bonds. The molecular formula is C22H31N3O3S. The van der Waals surface area contributed by atoms with Crippen molar-refractivity contribution in [3.63, 3.8) is 0 Å². The summed E-state index contributed by atoms with van der Waals surface area (Å²) >= 11 is 0. The predicted molar refractivity (Wildman–Crippen MR) is 120 cm³/mol. The normalized spacial score (nSPS) is 12.1. The molecule has 0 unspecified atom stereocenters. The second-order valence-corrected chi connectivity index (χ2v) is 9.58. The Balaban J connectivity index is 2.06. The summed E-state index contributed by atoms with van der Waals surface area (Å²) < 4.78 is 28.3. The van der Waals surface area contributed by atoms with Gasteiger partial charge in [0.25, 0.3) is 0 Å². The molecule has 0 aromatic heterocycles. The SMILES string of the molecule is Cc1ccccc1CN=C(NCCCS(C)(=O)=O)Nc1ccc(OC(C)C)cc1. The fraction of sp³-hybridized carbons (Fsp3) is 0.409. The summed E-state index contributed by atoms with van der Waals surface area (Å²) in [6, 6.07) is 15.8. The molecule has 2 aromatic carbocycles. The molecule has 2 aromatic rings. The first-order valence-electron chi connectivity index (χ1n) is 9.77. The van der Waals surface area contributed by atoms with Gasteiger partial charge in [-0.2, -0.15) is 0 Å². The van der Waals surface area contributed by atoms with E-state index >= 15 is 0 Å². The average Bonchev–Trinajstić information content (AvgIpc) is 2.64. The standard InChI is InChI=1S/C22H31N3O3S/c1-17(2)28-21-12-10-20(11-13-21)25-22(23-14-7-15-29(4,26)27)24-16-19-9-6-5-8-18(19)3/h5-6,8-13,17H,7,14-16H2,1-4H3,(H2,23,24,25). The molecule has 0 spiro atoms. The summed E-state index contributed by atoms with van der Waals surface area (Å²) in [6.45, 7) is 7.08. The summed E-state index contributed by atoms with van der Waals surface area (Å²) in [7, 11) is -2.97. The number of ether oxygens (including phenoxy) is 1. The van der Waals surface area contributed by atoms with E-state index in [0.717, 1.165) is 17.0 Å². The van der Waals surface area contributed by atoms with Crippen LogP contribution in [0.4, 0.5) is 5.69 Å². The van der Waals surface area contributed by atoms with Crippen LogP contribution in [0.2, 0.25) is 0 Å². The Kier molecular flexibility index (Phi) is 8.51. The Hall–Kier alpha value is -2.54. The first-order chi connectivity index (χ1) is 13.7. The van der Waals surface area contributed by atoms with Crippen molar-refractivity contribution in [2.75, 3.05) is 23.9 Å². The maximum Gasteiger partial charge on any atom is 0.196 e. The van der Waals surface area contributed by atoms with Gasteiger partial charge in [0.2, 0.25) is 0 Å². The molecule has 6 nitrogen and oxygen atoms in total. The van der Waals surface area contributed by atoms with Gasteiger partial charge in [-0.25, -0.2) is 13.4 Å². The molecule has 158 valence electrons. The van der Waals surface area contributed by atoms with Crippen LogP contribution in [0.1, 0.15) is 31.4 Å². The van der Waals surface area contributed by atoms with Gasteiger partial charge in [0, 0.05) is 18.5 Å². The smallest absolute Gasteiger partial charge is 0.196 e. The second kappa shape index (κ2) is 10.9. The van der Waals surface area contributed by atoms with Crippen molar-refractivity contribution >= 4 is 21.5 Å². The van der Waals surface area contributed by atoms with E-state index in [9.17, 15) is 8.42 Å². The van der Waals surface area contributed by atoms with Crippen LogP contribution in [-0.4, -0.2) is 39.0 Å². The van der Waals surface area contributed by atoms with E-state index in [1.807, 2.05) is 50.2 Å². The molecule has 0 aliphatic rings. The molecule has 0 aliphatic heterocycles. The second-order valence-electron chi connectivity index (χ2n) is 7.32. The zero-order valence-corrected chi connectivity index (χ0v) is 18.4. The molecule has 0 saturated heterocycles. The Morgan fingerprint density at radius 2 is 1.79 bits per heavy atom. The monoisotopic (exact) mass is 417 g/mol. The highest BCUT2D eigenvalue weighted by Gasteiger charge is 2.05. The number of nitrogens with zero attached hydrogens (tertiary/aromatic N) is 1. The fourth-order valence-corrected chi connectivity index (χ4v) is 3.33. The third-order valence-electron chi connectivity index (χ3n) is 4.14. The maximum absolute atomic E-state index is 11.3. The summed E-state index contributed by atoms with van der Waals surface area (Å²) in [5.74, 6) is 1.57. The Morgan fingerprint density at radius 3 is 2.41 bits per heavy atom. The molecule has 0 atom stereocenters. The molecule has 0 saturated carbocycles. The van der Waals surface area contributed by atoms with Crippen molar-refractivity contribution in [1.29, 1.82) is 0 Å².